The minimum absolute atomic E-state index is 0.118. The molecule has 0 radical (unpaired) electrons. The Balaban J connectivity index is 1.78. The summed E-state index contributed by atoms with van der Waals surface area (Å²) in [4.78, 5) is 4.42. The van der Waals surface area contributed by atoms with Crippen molar-refractivity contribution in [2.75, 3.05) is 6.54 Å². The van der Waals surface area contributed by atoms with E-state index in [9.17, 15) is 4.39 Å². The van der Waals surface area contributed by atoms with Gasteiger partial charge in [0.25, 0.3) is 0 Å². The molecule has 1 fully saturated rings. The van der Waals surface area contributed by atoms with Gasteiger partial charge in [0.1, 0.15) is 5.82 Å². The first kappa shape index (κ1) is 12.3. The Labute approximate surface area is 110 Å². The van der Waals surface area contributed by atoms with Crippen molar-refractivity contribution in [3.63, 3.8) is 0 Å². The molecule has 0 saturated heterocycles. The fourth-order valence-electron chi connectivity index (χ4n) is 2.48. The first-order valence-electron chi connectivity index (χ1n) is 6.49. The van der Waals surface area contributed by atoms with E-state index in [1.807, 2.05) is 6.07 Å². The van der Waals surface area contributed by atoms with Gasteiger partial charge < -0.3 is 10.3 Å². The minimum Gasteiger partial charge on any atom is -0.339 e. The van der Waals surface area contributed by atoms with Crippen LogP contribution in [0.15, 0.2) is 28.8 Å². The van der Waals surface area contributed by atoms with E-state index < -0.39 is 0 Å². The molecule has 1 aliphatic rings. The van der Waals surface area contributed by atoms with Gasteiger partial charge in [0.05, 0.1) is 5.41 Å². The number of hydrogen-bond acceptors (Lipinski definition) is 4. The zero-order valence-electron chi connectivity index (χ0n) is 10.6. The van der Waals surface area contributed by atoms with Gasteiger partial charge in [0.15, 0.2) is 5.82 Å². The summed E-state index contributed by atoms with van der Waals surface area (Å²) in [7, 11) is 0. The SMILES string of the molecule is NCC1(c2nc(Cc3cccc(F)c3)no2)CCC1. The van der Waals surface area contributed by atoms with Crippen LogP contribution >= 0.6 is 0 Å². The Morgan fingerprint density at radius 3 is 2.84 bits per heavy atom. The predicted molar refractivity (Wildman–Crippen MR) is 68.1 cm³/mol. The number of rotatable bonds is 4. The Kier molecular flexibility index (Phi) is 3.06. The number of nitrogens with zero attached hydrogens (tertiary/aromatic N) is 2. The quantitative estimate of drug-likeness (QED) is 0.916. The smallest absolute Gasteiger partial charge is 0.234 e. The van der Waals surface area contributed by atoms with Gasteiger partial charge in [-0.1, -0.05) is 23.7 Å². The molecular formula is C14H16FN3O. The lowest BCUT2D eigenvalue weighted by Gasteiger charge is -2.36. The molecule has 2 aromatic rings. The highest BCUT2D eigenvalue weighted by atomic mass is 19.1. The highest BCUT2D eigenvalue weighted by Crippen LogP contribution is 2.41. The molecule has 0 atom stereocenters. The number of nitrogens with two attached hydrogens (primary N) is 1. The third-order valence-corrected chi connectivity index (χ3v) is 3.87. The molecule has 1 aliphatic carbocycles. The average Bonchev–Trinajstić information content (AvgIpc) is 2.77. The van der Waals surface area contributed by atoms with Gasteiger partial charge in [-0.05, 0) is 30.5 Å². The van der Waals surface area contributed by atoms with Crippen LogP contribution in [0, 0.1) is 5.82 Å². The van der Waals surface area contributed by atoms with Crippen LogP contribution in [-0.2, 0) is 11.8 Å². The summed E-state index contributed by atoms with van der Waals surface area (Å²) in [5.74, 6) is 0.964. The van der Waals surface area contributed by atoms with Crippen LogP contribution in [0.4, 0.5) is 4.39 Å². The molecule has 19 heavy (non-hydrogen) atoms. The number of hydrogen-bond donors (Lipinski definition) is 1. The van der Waals surface area contributed by atoms with Crippen molar-refractivity contribution in [2.45, 2.75) is 31.1 Å². The van der Waals surface area contributed by atoms with Gasteiger partial charge in [-0.3, -0.25) is 0 Å². The first-order valence-corrected chi connectivity index (χ1v) is 6.49. The summed E-state index contributed by atoms with van der Waals surface area (Å²) in [6, 6.07) is 6.43. The van der Waals surface area contributed by atoms with Crippen LogP contribution in [-0.4, -0.2) is 16.7 Å². The molecular weight excluding hydrogens is 245 g/mol. The Hall–Kier alpha value is -1.75. The summed E-state index contributed by atoms with van der Waals surface area (Å²) < 4.78 is 18.4. The van der Waals surface area contributed by atoms with Crippen LogP contribution in [0.3, 0.4) is 0 Å². The predicted octanol–water partition coefficient (Wildman–Crippen LogP) is 2.18. The van der Waals surface area contributed by atoms with Crippen molar-refractivity contribution < 1.29 is 8.91 Å². The fourth-order valence-corrected chi connectivity index (χ4v) is 2.48. The van der Waals surface area contributed by atoms with Gasteiger partial charge in [-0.2, -0.15) is 4.98 Å². The summed E-state index contributed by atoms with van der Waals surface area (Å²) in [6.07, 6.45) is 3.64. The van der Waals surface area contributed by atoms with Crippen molar-refractivity contribution in [3.8, 4) is 0 Å². The van der Waals surface area contributed by atoms with Gasteiger partial charge in [-0.25, -0.2) is 4.39 Å². The first-order chi connectivity index (χ1) is 9.22. The molecule has 3 rings (SSSR count). The Morgan fingerprint density at radius 1 is 1.37 bits per heavy atom. The van der Waals surface area contributed by atoms with Gasteiger partial charge >= 0.3 is 0 Å². The van der Waals surface area contributed by atoms with E-state index in [4.69, 9.17) is 10.3 Å². The monoisotopic (exact) mass is 261 g/mol. The largest absolute Gasteiger partial charge is 0.339 e. The van der Waals surface area contributed by atoms with E-state index in [0.717, 1.165) is 24.8 Å². The zero-order chi connectivity index (χ0) is 13.3. The van der Waals surface area contributed by atoms with E-state index >= 15 is 0 Å². The zero-order valence-corrected chi connectivity index (χ0v) is 10.6. The lowest BCUT2D eigenvalue weighted by Crippen LogP contribution is -2.41. The Morgan fingerprint density at radius 2 is 2.21 bits per heavy atom. The highest BCUT2D eigenvalue weighted by molar-refractivity contribution is 5.20. The molecule has 2 N–H and O–H groups in total. The molecule has 1 saturated carbocycles. The summed E-state index contributed by atoms with van der Waals surface area (Å²) >= 11 is 0. The summed E-state index contributed by atoms with van der Waals surface area (Å²) in [5.41, 5.74) is 6.52. The van der Waals surface area contributed by atoms with Crippen molar-refractivity contribution >= 4 is 0 Å². The molecule has 1 aromatic heterocycles. The molecule has 0 bridgehead atoms. The van der Waals surface area contributed by atoms with Crippen molar-refractivity contribution in [1.29, 1.82) is 0 Å². The Bertz CT molecular complexity index is 572. The number of aromatic nitrogens is 2. The molecule has 0 aliphatic heterocycles. The fraction of sp³-hybridized carbons (Fsp3) is 0.429. The third-order valence-electron chi connectivity index (χ3n) is 3.87. The van der Waals surface area contributed by atoms with E-state index in [1.54, 1.807) is 6.07 Å². The second-order valence-electron chi connectivity index (χ2n) is 5.16. The molecule has 0 unspecified atom stereocenters. The van der Waals surface area contributed by atoms with Crippen molar-refractivity contribution in [1.82, 2.24) is 10.1 Å². The average molecular weight is 261 g/mol. The van der Waals surface area contributed by atoms with Crippen LogP contribution < -0.4 is 5.73 Å². The van der Waals surface area contributed by atoms with Gasteiger partial charge in [0, 0.05) is 13.0 Å². The van der Waals surface area contributed by atoms with Crippen molar-refractivity contribution in [2.24, 2.45) is 5.73 Å². The maximum absolute atomic E-state index is 13.1. The molecule has 5 heteroatoms. The summed E-state index contributed by atoms with van der Waals surface area (Å²) in [6.45, 7) is 0.536. The topological polar surface area (TPSA) is 64.9 Å². The van der Waals surface area contributed by atoms with Gasteiger partial charge in [0.2, 0.25) is 5.89 Å². The van der Waals surface area contributed by atoms with E-state index in [2.05, 4.69) is 10.1 Å². The maximum Gasteiger partial charge on any atom is 0.234 e. The lowest BCUT2D eigenvalue weighted by atomic mass is 9.69. The third kappa shape index (κ3) is 2.26. The molecule has 0 amide bonds. The summed E-state index contributed by atoms with van der Waals surface area (Å²) in [5, 5.41) is 3.97. The number of benzene rings is 1. The minimum atomic E-state index is -0.251. The van der Waals surface area contributed by atoms with Crippen LogP contribution in [0.2, 0.25) is 0 Å². The van der Waals surface area contributed by atoms with Crippen LogP contribution in [0.1, 0.15) is 36.5 Å². The highest BCUT2D eigenvalue weighted by Gasteiger charge is 2.42. The maximum atomic E-state index is 13.1. The second-order valence-corrected chi connectivity index (χ2v) is 5.16. The molecule has 100 valence electrons. The van der Waals surface area contributed by atoms with Crippen molar-refractivity contribution in [3.05, 3.63) is 47.4 Å². The van der Waals surface area contributed by atoms with E-state index in [0.29, 0.717) is 24.7 Å². The molecule has 1 heterocycles. The van der Waals surface area contributed by atoms with Gasteiger partial charge in [-0.15, -0.1) is 0 Å². The molecule has 4 nitrogen and oxygen atoms in total. The lowest BCUT2D eigenvalue weighted by molar-refractivity contribution is 0.181. The second kappa shape index (κ2) is 4.74. The van der Waals surface area contributed by atoms with E-state index in [1.165, 1.54) is 12.1 Å². The molecule has 0 spiro atoms. The normalized spacial score (nSPS) is 17.2. The van der Waals surface area contributed by atoms with Crippen LogP contribution in [0.25, 0.3) is 0 Å². The number of halogens is 1. The standard InChI is InChI=1S/C14H16FN3O/c15-11-4-1-3-10(7-11)8-12-17-13(19-18-12)14(9-16)5-2-6-14/h1,3-4,7H,2,5-6,8-9,16H2. The van der Waals surface area contributed by atoms with E-state index in [-0.39, 0.29) is 11.2 Å². The van der Waals surface area contributed by atoms with Crippen LogP contribution in [0.5, 0.6) is 0 Å². The molecule has 1 aromatic carbocycles.